The summed E-state index contributed by atoms with van der Waals surface area (Å²) in [6, 6.07) is 5.02. The molecule has 0 saturated heterocycles. The molecule has 1 aromatic carbocycles. The number of nitrogens with one attached hydrogen (secondary N) is 1. The van der Waals surface area contributed by atoms with Crippen LogP contribution in [0.5, 0.6) is 0 Å². The van der Waals surface area contributed by atoms with E-state index in [1.54, 1.807) is 0 Å². The number of nitrogens with two attached hydrogens (primary N) is 1. The van der Waals surface area contributed by atoms with Crippen LogP contribution in [0.1, 0.15) is 23.2 Å². The molecule has 0 fully saturated rings. The largest absolute Gasteiger partial charge is 0.481 e. The van der Waals surface area contributed by atoms with Gasteiger partial charge in [-0.2, -0.15) is 5.10 Å². The van der Waals surface area contributed by atoms with Crippen molar-refractivity contribution in [1.29, 1.82) is 0 Å². The second-order valence-electron chi connectivity index (χ2n) is 4.24. The number of benzene rings is 1. The Kier molecular flexibility index (Phi) is 5.93. The number of aliphatic carboxylic acids is 2. The van der Waals surface area contributed by atoms with Gasteiger partial charge in [0.15, 0.2) is 0 Å². The second kappa shape index (κ2) is 7.47. The lowest BCUT2D eigenvalue weighted by atomic mass is 10.2. The number of amides is 1. The van der Waals surface area contributed by atoms with Crippen LogP contribution in [0.25, 0.3) is 0 Å². The Bertz CT molecular complexity index is 771. The van der Waals surface area contributed by atoms with E-state index in [4.69, 9.17) is 15.4 Å². The number of sulfonamides is 1. The smallest absolute Gasteiger partial charge is 0.352 e. The average Bonchev–Trinajstić information content (AvgIpc) is 2.45. The molecule has 10 nitrogen and oxygen atoms in total. The van der Waals surface area contributed by atoms with Gasteiger partial charge in [-0.15, -0.1) is 0 Å². The number of carbonyl (C=O) groups excluding carboxylic acids is 1. The van der Waals surface area contributed by atoms with Crippen LogP contribution >= 0.6 is 0 Å². The van der Waals surface area contributed by atoms with Crippen molar-refractivity contribution in [3.8, 4) is 0 Å². The molecule has 1 amide bonds. The molecular weight excluding hydrogens is 330 g/mol. The highest BCUT2D eigenvalue weighted by Gasteiger charge is 2.19. The van der Waals surface area contributed by atoms with Crippen molar-refractivity contribution in [3.63, 3.8) is 0 Å². The normalized spacial score (nSPS) is 11.8. The Balaban J connectivity index is 3.01. The number of hydrazone groups is 1. The van der Waals surface area contributed by atoms with Gasteiger partial charge in [0.1, 0.15) is 5.71 Å². The van der Waals surface area contributed by atoms with Crippen LogP contribution in [0.15, 0.2) is 34.3 Å². The molecule has 1 aromatic rings. The van der Waals surface area contributed by atoms with Crippen molar-refractivity contribution in [2.75, 3.05) is 0 Å². The second-order valence-corrected chi connectivity index (χ2v) is 5.77. The summed E-state index contributed by atoms with van der Waals surface area (Å²) in [5.41, 5.74) is 0.965. The highest BCUT2D eigenvalue weighted by atomic mass is 32.2. The Morgan fingerprint density at radius 2 is 1.74 bits per heavy atom. The minimum absolute atomic E-state index is 0.318. The maximum absolute atomic E-state index is 11.9. The maximum Gasteiger partial charge on any atom is 0.352 e. The molecule has 0 aromatic heterocycles. The van der Waals surface area contributed by atoms with Gasteiger partial charge >= 0.3 is 11.9 Å². The molecule has 0 radical (unpaired) electrons. The van der Waals surface area contributed by atoms with Gasteiger partial charge in [0.25, 0.3) is 5.91 Å². The maximum atomic E-state index is 11.9. The van der Waals surface area contributed by atoms with Gasteiger partial charge in [-0.05, 0) is 12.1 Å². The summed E-state index contributed by atoms with van der Waals surface area (Å²) in [5, 5.41) is 25.7. The van der Waals surface area contributed by atoms with Crippen LogP contribution < -0.4 is 10.6 Å². The van der Waals surface area contributed by atoms with E-state index < -0.39 is 51.3 Å². The molecule has 124 valence electrons. The number of rotatable bonds is 7. The average molecular weight is 343 g/mol. The molecule has 11 heteroatoms. The molecule has 0 atom stereocenters. The summed E-state index contributed by atoms with van der Waals surface area (Å²) < 4.78 is 22.8. The molecule has 5 N–H and O–H groups in total. The first-order valence-electron chi connectivity index (χ1n) is 6.06. The first kappa shape index (κ1) is 18.3. The van der Waals surface area contributed by atoms with Gasteiger partial charge in [0.2, 0.25) is 10.0 Å². The van der Waals surface area contributed by atoms with E-state index in [9.17, 15) is 22.8 Å². The van der Waals surface area contributed by atoms with Gasteiger partial charge in [0, 0.05) is 6.42 Å². The SMILES string of the molecule is NS(=O)(=O)c1ccccc1C(=O)N/N=C(/CCC(=O)O)C(=O)O. The number of nitrogens with zero attached hydrogens (tertiary/aromatic N) is 1. The fourth-order valence-corrected chi connectivity index (χ4v) is 2.25. The van der Waals surface area contributed by atoms with E-state index in [1.807, 2.05) is 5.43 Å². The van der Waals surface area contributed by atoms with E-state index in [0.29, 0.717) is 0 Å². The summed E-state index contributed by atoms with van der Waals surface area (Å²) in [4.78, 5) is 32.8. The van der Waals surface area contributed by atoms with Gasteiger partial charge < -0.3 is 10.2 Å². The van der Waals surface area contributed by atoms with Crippen LogP contribution in [-0.4, -0.2) is 42.2 Å². The minimum Gasteiger partial charge on any atom is -0.481 e. The zero-order valence-corrected chi connectivity index (χ0v) is 12.4. The van der Waals surface area contributed by atoms with Crippen LogP contribution in [0.3, 0.4) is 0 Å². The van der Waals surface area contributed by atoms with Gasteiger partial charge in [-0.1, -0.05) is 12.1 Å². The van der Waals surface area contributed by atoms with Crippen LogP contribution in [0, 0.1) is 0 Å². The summed E-state index contributed by atoms with van der Waals surface area (Å²) in [7, 11) is -4.16. The Hall–Kier alpha value is -2.79. The van der Waals surface area contributed by atoms with Crippen LogP contribution in [0.2, 0.25) is 0 Å². The van der Waals surface area contributed by atoms with E-state index in [0.717, 1.165) is 6.07 Å². The van der Waals surface area contributed by atoms with Crippen molar-refractivity contribution in [2.45, 2.75) is 17.7 Å². The third kappa shape index (κ3) is 5.48. The molecule has 0 heterocycles. The number of carboxylic acids is 2. The van der Waals surface area contributed by atoms with Gasteiger partial charge in [0.05, 0.1) is 16.9 Å². The molecule has 1 rings (SSSR count). The van der Waals surface area contributed by atoms with Crippen molar-refractivity contribution in [3.05, 3.63) is 29.8 Å². The molecule has 0 saturated carbocycles. The standard InChI is InChI=1S/C12H13N3O7S/c13-23(21,22)9-4-2-1-3-7(9)11(18)15-14-8(12(19)20)5-6-10(16)17/h1-4H,5-6H2,(H,15,18)(H,16,17)(H,19,20)(H2,13,21,22)/b14-8-. The Labute approximate surface area is 130 Å². The summed E-state index contributed by atoms with van der Waals surface area (Å²) >= 11 is 0. The third-order valence-electron chi connectivity index (χ3n) is 2.55. The zero-order valence-electron chi connectivity index (χ0n) is 11.6. The fourth-order valence-electron chi connectivity index (χ4n) is 1.52. The predicted octanol–water partition coefficient (Wildman–Crippen LogP) is -0.631. The number of hydrogen-bond acceptors (Lipinski definition) is 6. The minimum atomic E-state index is -4.16. The van der Waals surface area contributed by atoms with E-state index in [2.05, 4.69) is 5.10 Å². The van der Waals surface area contributed by atoms with Crippen LogP contribution in [-0.2, 0) is 19.6 Å². The third-order valence-corrected chi connectivity index (χ3v) is 3.52. The lowest BCUT2D eigenvalue weighted by molar-refractivity contribution is -0.136. The van der Waals surface area contributed by atoms with E-state index in [-0.39, 0.29) is 5.56 Å². The number of hydrogen-bond donors (Lipinski definition) is 4. The summed E-state index contributed by atoms with van der Waals surface area (Å²) in [6.07, 6.45) is -0.906. The zero-order chi connectivity index (χ0) is 17.6. The van der Waals surface area contributed by atoms with Crippen molar-refractivity contribution >= 4 is 33.6 Å². The number of carboxylic acid groups (broad SMARTS) is 2. The van der Waals surface area contributed by atoms with Crippen molar-refractivity contribution in [1.82, 2.24) is 5.43 Å². The van der Waals surface area contributed by atoms with Crippen molar-refractivity contribution < 1.29 is 33.0 Å². The molecule has 23 heavy (non-hydrogen) atoms. The van der Waals surface area contributed by atoms with E-state index in [1.165, 1.54) is 18.2 Å². The Morgan fingerprint density at radius 1 is 1.13 bits per heavy atom. The molecule has 0 aliphatic rings. The molecule has 0 aliphatic carbocycles. The molecule has 0 unspecified atom stereocenters. The lowest BCUT2D eigenvalue weighted by Crippen LogP contribution is -2.26. The van der Waals surface area contributed by atoms with Crippen LogP contribution in [0.4, 0.5) is 0 Å². The van der Waals surface area contributed by atoms with Gasteiger partial charge in [-0.3, -0.25) is 9.59 Å². The molecule has 0 bridgehead atoms. The Morgan fingerprint density at radius 3 is 2.26 bits per heavy atom. The number of primary sulfonamides is 1. The quantitative estimate of drug-likeness (QED) is 0.376. The summed E-state index contributed by atoms with van der Waals surface area (Å²) in [6.45, 7) is 0. The highest BCUT2D eigenvalue weighted by Crippen LogP contribution is 2.13. The first-order chi connectivity index (χ1) is 10.6. The fraction of sp³-hybridized carbons (Fsp3) is 0.167. The van der Waals surface area contributed by atoms with Gasteiger partial charge in [-0.25, -0.2) is 23.8 Å². The predicted molar refractivity (Wildman–Crippen MR) is 77.2 cm³/mol. The molecule has 0 spiro atoms. The van der Waals surface area contributed by atoms with Crippen molar-refractivity contribution in [2.24, 2.45) is 10.2 Å². The van der Waals surface area contributed by atoms with E-state index >= 15 is 0 Å². The highest BCUT2D eigenvalue weighted by molar-refractivity contribution is 7.89. The lowest BCUT2D eigenvalue weighted by Gasteiger charge is -2.06. The summed E-state index contributed by atoms with van der Waals surface area (Å²) in [5.74, 6) is -3.74. The molecule has 0 aliphatic heterocycles. The topological polar surface area (TPSA) is 176 Å². The number of carbonyl (C=O) groups is 3. The monoisotopic (exact) mass is 343 g/mol. The molecular formula is C12H13N3O7S. The first-order valence-corrected chi connectivity index (χ1v) is 7.61.